The van der Waals surface area contributed by atoms with Gasteiger partial charge in [-0.3, -0.25) is 4.98 Å². The predicted molar refractivity (Wildman–Crippen MR) is 105 cm³/mol. The van der Waals surface area contributed by atoms with Gasteiger partial charge in [0, 0.05) is 19.0 Å². The van der Waals surface area contributed by atoms with Gasteiger partial charge in [-0.1, -0.05) is 11.6 Å². The number of aromatic carboxylic acids is 1. The molecule has 29 heavy (non-hydrogen) atoms. The SMILES string of the molecule is O=C(O)c1cc(COc2ccc(-c3nn(C4CCCCO4)cc3Cl)nc2)ccn1. The molecule has 1 atom stereocenters. The number of rotatable bonds is 6. The monoisotopic (exact) mass is 414 g/mol. The fraction of sp³-hybridized carbons (Fsp3) is 0.300. The number of nitrogens with zero attached hydrogens (tertiary/aromatic N) is 4. The molecule has 1 aliphatic rings. The third-order valence-electron chi connectivity index (χ3n) is 4.57. The minimum Gasteiger partial charge on any atom is -0.487 e. The van der Waals surface area contributed by atoms with Crippen LogP contribution in [-0.4, -0.2) is 37.4 Å². The fourth-order valence-electron chi connectivity index (χ4n) is 3.08. The highest BCUT2D eigenvalue weighted by Crippen LogP contribution is 2.30. The van der Waals surface area contributed by atoms with Gasteiger partial charge in [-0.2, -0.15) is 5.10 Å². The topological polar surface area (TPSA) is 99.4 Å². The predicted octanol–water partition coefficient (Wildman–Crippen LogP) is 3.97. The zero-order chi connectivity index (χ0) is 20.2. The summed E-state index contributed by atoms with van der Waals surface area (Å²) in [6.45, 7) is 0.936. The van der Waals surface area contributed by atoms with E-state index in [9.17, 15) is 4.79 Å². The molecule has 1 N–H and O–H groups in total. The largest absolute Gasteiger partial charge is 0.487 e. The van der Waals surface area contributed by atoms with Crippen molar-refractivity contribution >= 4 is 17.6 Å². The average Bonchev–Trinajstić information content (AvgIpc) is 3.15. The molecule has 4 heterocycles. The van der Waals surface area contributed by atoms with E-state index in [0.717, 1.165) is 25.9 Å². The molecule has 3 aromatic rings. The summed E-state index contributed by atoms with van der Waals surface area (Å²) in [5, 5.41) is 14.1. The molecule has 0 radical (unpaired) electrons. The van der Waals surface area contributed by atoms with Crippen LogP contribution in [0.15, 0.2) is 42.9 Å². The van der Waals surface area contributed by atoms with Gasteiger partial charge in [0.25, 0.3) is 0 Å². The van der Waals surface area contributed by atoms with Gasteiger partial charge in [0.05, 0.1) is 16.9 Å². The van der Waals surface area contributed by atoms with E-state index in [2.05, 4.69) is 15.1 Å². The molecule has 0 bridgehead atoms. The van der Waals surface area contributed by atoms with Crippen LogP contribution in [-0.2, 0) is 11.3 Å². The molecular formula is C20H19ClN4O4. The number of ether oxygens (including phenoxy) is 2. The van der Waals surface area contributed by atoms with Gasteiger partial charge < -0.3 is 14.6 Å². The van der Waals surface area contributed by atoms with Gasteiger partial charge in [0.2, 0.25) is 0 Å². The highest BCUT2D eigenvalue weighted by atomic mass is 35.5. The Balaban J connectivity index is 1.43. The summed E-state index contributed by atoms with van der Waals surface area (Å²) >= 11 is 6.36. The normalized spacial score (nSPS) is 16.5. The quantitative estimate of drug-likeness (QED) is 0.651. The van der Waals surface area contributed by atoms with E-state index in [1.807, 2.05) is 0 Å². The highest BCUT2D eigenvalue weighted by molar-refractivity contribution is 6.32. The average molecular weight is 415 g/mol. The molecule has 1 saturated heterocycles. The number of carboxylic acid groups (broad SMARTS) is 1. The molecule has 0 saturated carbocycles. The van der Waals surface area contributed by atoms with Crippen LogP contribution >= 0.6 is 11.6 Å². The van der Waals surface area contributed by atoms with E-state index in [1.54, 1.807) is 35.3 Å². The Bertz CT molecular complexity index is 1000. The van der Waals surface area contributed by atoms with Crippen LogP contribution in [0.3, 0.4) is 0 Å². The van der Waals surface area contributed by atoms with Crippen LogP contribution in [0, 0.1) is 0 Å². The number of aromatic nitrogens is 4. The Morgan fingerprint density at radius 2 is 2.21 bits per heavy atom. The minimum atomic E-state index is -1.08. The van der Waals surface area contributed by atoms with Crippen LogP contribution in [0.2, 0.25) is 5.02 Å². The maximum atomic E-state index is 11.0. The molecule has 8 nitrogen and oxygen atoms in total. The number of carboxylic acids is 1. The van der Waals surface area contributed by atoms with E-state index in [4.69, 9.17) is 26.2 Å². The first-order valence-corrected chi connectivity index (χ1v) is 9.61. The van der Waals surface area contributed by atoms with E-state index in [1.165, 1.54) is 12.3 Å². The zero-order valence-corrected chi connectivity index (χ0v) is 16.2. The Morgan fingerprint density at radius 3 is 2.93 bits per heavy atom. The zero-order valence-electron chi connectivity index (χ0n) is 15.5. The van der Waals surface area contributed by atoms with Gasteiger partial charge in [-0.05, 0) is 49.1 Å². The van der Waals surface area contributed by atoms with Gasteiger partial charge >= 0.3 is 5.97 Å². The van der Waals surface area contributed by atoms with Gasteiger partial charge in [0.1, 0.15) is 30.0 Å². The highest BCUT2D eigenvalue weighted by Gasteiger charge is 2.19. The number of halogens is 1. The van der Waals surface area contributed by atoms with Crippen molar-refractivity contribution < 1.29 is 19.4 Å². The minimum absolute atomic E-state index is 0.0215. The number of hydrogen-bond acceptors (Lipinski definition) is 6. The number of hydrogen-bond donors (Lipinski definition) is 1. The maximum Gasteiger partial charge on any atom is 0.354 e. The molecule has 0 amide bonds. The van der Waals surface area contributed by atoms with Crippen LogP contribution in [0.5, 0.6) is 5.75 Å². The molecule has 0 spiro atoms. The van der Waals surface area contributed by atoms with Crippen molar-refractivity contribution in [3.63, 3.8) is 0 Å². The molecule has 1 aliphatic heterocycles. The second-order valence-electron chi connectivity index (χ2n) is 6.65. The van der Waals surface area contributed by atoms with Crippen molar-refractivity contribution in [3.05, 3.63) is 59.1 Å². The van der Waals surface area contributed by atoms with E-state index < -0.39 is 5.97 Å². The van der Waals surface area contributed by atoms with Crippen molar-refractivity contribution in [1.29, 1.82) is 0 Å². The fourth-order valence-corrected chi connectivity index (χ4v) is 3.31. The Kier molecular flexibility index (Phi) is 5.73. The summed E-state index contributed by atoms with van der Waals surface area (Å²) in [6, 6.07) is 6.73. The second kappa shape index (κ2) is 8.59. The van der Waals surface area contributed by atoms with Crippen molar-refractivity contribution in [3.8, 4) is 17.1 Å². The Morgan fingerprint density at radius 1 is 1.31 bits per heavy atom. The van der Waals surface area contributed by atoms with E-state index in [-0.39, 0.29) is 18.5 Å². The Labute approximate surface area is 172 Å². The standard InChI is InChI=1S/C20H19ClN4O4/c21-15-11-25(18-3-1-2-8-28-18)24-19(15)16-5-4-14(10-23-16)29-12-13-6-7-22-17(9-13)20(26)27/h4-7,9-11,18H,1-3,8,12H2,(H,26,27). The van der Waals surface area contributed by atoms with Crippen molar-refractivity contribution in [2.24, 2.45) is 0 Å². The number of pyridine rings is 2. The van der Waals surface area contributed by atoms with Crippen molar-refractivity contribution in [2.75, 3.05) is 6.61 Å². The smallest absolute Gasteiger partial charge is 0.354 e. The summed E-state index contributed by atoms with van der Waals surface area (Å²) in [5.74, 6) is -0.526. The third-order valence-corrected chi connectivity index (χ3v) is 4.84. The summed E-state index contributed by atoms with van der Waals surface area (Å²) in [4.78, 5) is 19.2. The summed E-state index contributed by atoms with van der Waals surface area (Å²) in [5.41, 5.74) is 1.91. The second-order valence-corrected chi connectivity index (χ2v) is 7.06. The van der Waals surface area contributed by atoms with Crippen LogP contribution in [0.4, 0.5) is 0 Å². The summed E-state index contributed by atoms with van der Waals surface area (Å²) in [6.07, 6.45) is 7.79. The maximum absolute atomic E-state index is 11.0. The lowest BCUT2D eigenvalue weighted by molar-refractivity contribution is -0.0393. The molecular weight excluding hydrogens is 396 g/mol. The van der Waals surface area contributed by atoms with Crippen LogP contribution in [0.1, 0.15) is 41.5 Å². The first kappa shape index (κ1) is 19.4. The lowest BCUT2D eigenvalue weighted by atomic mass is 10.2. The van der Waals surface area contributed by atoms with Crippen LogP contribution in [0.25, 0.3) is 11.4 Å². The van der Waals surface area contributed by atoms with Gasteiger partial charge in [-0.25, -0.2) is 14.5 Å². The lowest BCUT2D eigenvalue weighted by Gasteiger charge is -2.22. The van der Waals surface area contributed by atoms with Crippen LogP contribution < -0.4 is 4.74 Å². The van der Waals surface area contributed by atoms with Gasteiger partial charge in [-0.15, -0.1) is 0 Å². The van der Waals surface area contributed by atoms with Gasteiger partial charge in [0.15, 0.2) is 0 Å². The van der Waals surface area contributed by atoms with Crippen molar-refractivity contribution in [2.45, 2.75) is 32.1 Å². The first-order chi connectivity index (χ1) is 14.1. The third kappa shape index (κ3) is 4.55. The first-order valence-electron chi connectivity index (χ1n) is 9.24. The molecule has 3 aromatic heterocycles. The lowest BCUT2D eigenvalue weighted by Crippen LogP contribution is -2.18. The molecule has 0 aliphatic carbocycles. The molecule has 150 valence electrons. The molecule has 0 aromatic carbocycles. The van der Waals surface area contributed by atoms with Crippen molar-refractivity contribution in [1.82, 2.24) is 19.7 Å². The number of carbonyl (C=O) groups is 1. The molecule has 1 fully saturated rings. The van der Waals surface area contributed by atoms with E-state index in [0.29, 0.717) is 27.7 Å². The van der Waals surface area contributed by atoms with E-state index >= 15 is 0 Å². The molecule has 4 rings (SSSR count). The Hall–Kier alpha value is -2.97. The summed E-state index contributed by atoms with van der Waals surface area (Å²) in [7, 11) is 0. The molecule has 9 heteroatoms. The molecule has 1 unspecified atom stereocenters. The summed E-state index contributed by atoms with van der Waals surface area (Å²) < 4.78 is 13.2.